The highest BCUT2D eigenvalue weighted by molar-refractivity contribution is 6.31. The first-order chi connectivity index (χ1) is 12.2. The number of nitrogens with one attached hydrogen (secondary N) is 1. The van der Waals surface area contributed by atoms with Gasteiger partial charge in [-0.15, -0.1) is 0 Å². The van der Waals surface area contributed by atoms with Crippen LogP contribution in [0.4, 0.5) is 5.69 Å². The maximum Gasteiger partial charge on any atom is 0.255 e. The molecule has 0 aliphatic heterocycles. The van der Waals surface area contributed by atoms with Crippen molar-refractivity contribution in [3.63, 3.8) is 0 Å². The second kappa shape index (κ2) is 6.37. The van der Waals surface area contributed by atoms with Gasteiger partial charge in [0, 0.05) is 28.0 Å². The zero-order valence-corrected chi connectivity index (χ0v) is 13.7. The molecule has 0 spiro atoms. The lowest BCUT2D eigenvalue weighted by Crippen LogP contribution is -2.11. The lowest BCUT2D eigenvalue weighted by molar-refractivity contribution is 0.102. The SMILES string of the molecule is O=C(Nc1ccc(-c2nc3ncccc3o2)cc1)c1cccc(Cl)c1. The summed E-state index contributed by atoms with van der Waals surface area (Å²) in [7, 11) is 0. The molecule has 4 rings (SSSR count). The van der Waals surface area contributed by atoms with E-state index in [9.17, 15) is 4.79 Å². The van der Waals surface area contributed by atoms with Crippen LogP contribution in [0.5, 0.6) is 0 Å². The van der Waals surface area contributed by atoms with Gasteiger partial charge in [0.1, 0.15) is 0 Å². The van der Waals surface area contributed by atoms with Crippen molar-refractivity contribution in [1.29, 1.82) is 0 Å². The Labute approximate surface area is 148 Å². The van der Waals surface area contributed by atoms with E-state index in [-0.39, 0.29) is 5.91 Å². The predicted molar refractivity (Wildman–Crippen MR) is 96.6 cm³/mol. The second-order valence-corrected chi connectivity index (χ2v) is 5.82. The third-order valence-electron chi connectivity index (χ3n) is 3.64. The number of benzene rings is 2. The number of rotatable bonds is 3. The van der Waals surface area contributed by atoms with Gasteiger partial charge >= 0.3 is 0 Å². The van der Waals surface area contributed by atoms with E-state index in [0.29, 0.717) is 33.4 Å². The molecule has 0 saturated carbocycles. The van der Waals surface area contributed by atoms with E-state index < -0.39 is 0 Å². The van der Waals surface area contributed by atoms with Gasteiger partial charge in [0.15, 0.2) is 11.2 Å². The van der Waals surface area contributed by atoms with Crippen LogP contribution in [0.1, 0.15) is 10.4 Å². The molecule has 122 valence electrons. The van der Waals surface area contributed by atoms with Crippen LogP contribution in [-0.4, -0.2) is 15.9 Å². The van der Waals surface area contributed by atoms with Gasteiger partial charge in [-0.3, -0.25) is 4.79 Å². The molecule has 4 aromatic rings. The van der Waals surface area contributed by atoms with Crippen LogP contribution in [0.2, 0.25) is 5.02 Å². The van der Waals surface area contributed by atoms with Gasteiger partial charge in [-0.25, -0.2) is 4.98 Å². The minimum absolute atomic E-state index is 0.221. The number of pyridine rings is 1. The number of anilines is 1. The standard InChI is InChI=1S/C19H12ClN3O2/c20-14-4-1-3-13(11-14)18(24)22-15-8-6-12(7-9-15)19-23-17-16(25-19)5-2-10-21-17/h1-11H,(H,22,24). The highest BCUT2D eigenvalue weighted by atomic mass is 35.5. The number of hydrogen-bond acceptors (Lipinski definition) is 4. The minimum Gasteiger partial charge on any atom is -0.434 e. The Morgan fingerprint density at radius 3 is 2.64 bits per heavy atom. The van der Waals surface area contributed by atoms with Gasteiger partial charge in [0.25, 0.3) is 5.91 Å². The Balaban J connectivity index is 1.54. The normalized spacial score (nSPS) is 10.8. The summed E-state index contributed by atoms with van der Waals surface area (Å²) >= 11 is 5.91. The van der Waals surface area contributed by atoms with Crippen LogP contribution in [0.25, 0.3) is 22.7 Å². The molecule has 2 aromatic carbocycles. The second-order valence-electron chi connectivity index (χ2n) is 5.39. The molecule has 0 aliphatic carbocycles. The van der Waals surface area contributed by atoms with Gasteiger partial charge in [-0.2, -0.15) is 4.98 Å². The molecule has 1 N–H and O–H groups in total. The van der Waals surface area contributed by atoms with Crippen molar-refractivity contribution < 1.29 is 9.21 Å². The topological polar surface area (TPSA) is 68.0 Å². The number of amides is 1. The molecule has 5 nitrogen and oxygen atoms in total. The Hall–Kier alpha value is -3.18. The fraction of sp³-hybridized carbons (Fsp3) is 0. The Kier molecular flexibility index (Phi) is 3.91. The molecule has 1 amide bonds. The number of fused-ring (bicyclic) bond motifs is 1. The van der Waals surface area contributed by atoms with Crippen molar-refractivity contribution in [2.75, 3.05) is 5.32 Å². The molecule has 0 atom stereocenters. The van der Waals surface area contributed by atoms with Gasteiger partial charge in [-0.1, -0.05) is 17.7 Å². The van der Waals surface area contributed by atoms with Crippen molar-refractivity contribution >= 4 is 34.4 Å². The smallest absolute Gasteiger partial charge is 0.255 e. The molecular formula is C19H12ClN3O2. The van der Waals surface area contributed by atoms with Crippen LogP contribution in [0.15, 0.2) is 71.3 Å². The molecule has 25 heavy (non-hydrogen) atoms. The molecule has 0 radical (unpaired) electrons. The Morgan fingerprint density at radius 1 is 1.04 bits per heavy atom. The quantitative estimate of drug-likeness (QED) is 0.577. The summed E-state index contributed by atoms with van der Waals surface area (Å²) in [5.41, 5.74) is 3.18. The highest BCUT2D eigenvalue weighted by Crippen LogP contribution is 2.24. The van der Waals surface area contributed by atoms with Crippen molar-refractivity contribution in [3.8, 4) is 11.5 Å². The number of carbonyl (C=O) groups excluding carboxylic acids is 1. The van der Waals surface area contributed by atoms with Crippen molar-refractivity contribution in [2.45, 2.75) is 0 Å². The molecule has 6 heteroatoms. The first-order valence-corrected chi connectivity index (χ1v) is 7.96. The summed E-state index contributed by atoms with van der Waals surface area (Å²) in [6, 6.07) is 17.7. The minimum atomic E-state index is -0.221. The van der Waals surface area contributed by atoms with Crippen molar-refractivity contribution in [3.05, 3.63) is 77.4 Å². The molecular weight excluding hydrogens is 338 g/mol. The van der Waals surface area contributed by atoms with E-state index >= 15 is 0 Å². The molecule has 0 bridgehead atoms. The molecule has 0 saturated heterocycles. The largest absolute Gasteiger partial charge is 0.434 e. The van der Waals surface area contributed by atoms with Crippen molar-refractivity contribution in [2.24, 2.45) is 0 Å². The van der Waals surface area contributed by atoms with Crippen LogP contribution < -0.4 is 5.32 Å². The van der Waals surface area contributed by atoms with Crippen LogP contribution in [-0.2, 0) is 0 Å². The fourth-order valence-corrected chi connectivity index (χ4v) is 2.61. The van der Waals surface area contributed by atoms with Crippen molar-refractivity contribution in [1.82, 2.24) is 9.97 Å². The van der Waals surface area contributed by atoms with Crippen LogP contribution in [0.3, 0.4) is 0 Å². The summed E-state index contributed by atoms with van der Waals surface area (Å²) in [6.45, 7) is 0. The van der Waals surface area contributed by atoms with Crippen LogP contribution >= 0.6 is 11.6 Å². The first-order valence-electron chi connectivity index (χ1n) is 7.58. The number of nitrogens with zero attached hydrogens (tertiary/aromatic N) is 2. The molecule has 2 heterocycles. The summed E-state index contributed by atoms with van der Waals surface area (Å²) < 4.78 is 5.68. The third kappa shape index (κ3) is 3.22. The summed E-state index contributed by atoms with van der Waals surface area (Å²) in [5.74, 6) is 0.266. The summed E-state index contributed by atoms with van der Waals surface area (Å²) in [5, 5.41) is 3.35. The highest BCUT2D eigenvalue weighted by Gasteiger charge is 2.10. The number of aromatic nitrogens is 2. The maximum atomic E-state index is 12.2. The fourth-order valence-electron chi connectivity index (χ4n) is 2.42. The van der Waals surface area contributed by atoms with E-state index in [1.165, 1.54) is 0 Å². The molecule has 0 fully saturated rings. The van der Waals surface area contributed by atoms with E-state index in [4.69, 9.17) is 16.0 Å². The Morgan fingerprint density at radius 2 is 1.88 bits per heavy atom. The zero-order chi connectivity index (χ0) is 17.2. The van der Waals surface area contributed by atoms with E-state index in [1.54, 1.807) is 48.7 Å². The average molecular weight is 350 g/mol. The van der Waals surface area contributed by atoms with E-state index in [2.05, 4.69) is 15.3 Å². The number of halogens is 1. The van der Waals surface area contributed by atoms with Gasteiger partial charge in [0.05, 0.1) is 0 Å². The lowest BCUT2D eigenvalue weighted by atomic mass is 10.2. The Bertz CT molecular complexity index is 1020. The molecule has 2 aromatic heterocycles. The van der Waals surface area contributed by atoms with Gasteiger partial charge in [-0.05, 0) is 54.6 Å². The number of carbonyl (C=O) groups is 1. The molecule has 0 aliphatic rings. The predicted octanol–water partition coefficient (Wildman–Crippen LogP) is 4.80. The maximum absolute atomic E-state index is 12.2. The van der Waals surface area contributed by atoms with Crippen LogP contribution in [0, 0.1) is 0 Å². The molecule has 0 unspecified atom stereocenters. The monoisotopic (exact) mass is 349 g/mol. The average Bonchev–Trinajstić information content (AvgIpc) is 3.06. The van der Waals surface area contributed by atoms with E-state index in [1.807, 2.05) is 18.2 Å². The van der Waals surface area contributed by atoms with Gasteiger partial charge in [0.2, 0.25) is 5.89 Å². The third-order valence-corrected chi connectivity index (χ3v) is 3.88. The first kappa shape index (κ1) is 15.4. The number of hydrogen-bond donors (Lipinski definition) is 1. The lowest BCUT2D eigenvalue weighted by Gasteiger charge is -2.06. The zero-order valence-electron chi connectivity index (χ0n) is 12.9. The number of oxazole rings is 1. The summed E-state index contributed by atoms with van der Waals surface area (Å²) in [4.78, 5) is 20.7. The van der Waals surface area contributed by atoms with Gasteiger partial charge < -0.3 is 9.73 Å². The summed E-state index contributed by atoms with van der Waals surface area (Å²) in [6.07, 6.45) is 1.67. The van der Waals surface area contributed by atoms with E-state index in [0.717, 1.165) is 5.56 Å².